The Hall–Kier alpha value is -4.52. The summed E-state index contributed by atoms with van der Waals surface area (Å²) in [5.74, 6) is -0.00869. The average Bonchev–Trinajstić information content (AvgIpc) is 3.31. The molecule has 0 saturated carbocycles. The number of pyridine rings is 1. The normalized spacial score (nSPS) is 13.2. The number of carbonyl (C=O) groups excluding carboxylic acids is 1. The lowest BCUT2D eigenvalue weighted by atomic mass is 10.1. The van der Waals surface area contributed by atoms with Gasteiger partial charge in [-0.3, -0.25) is 9.79 Å². The molecule has 1 aromatic carbocycles. The van der Waals surface area contributed by atoms with E-state index in [9.17, 15) is 4.79 Å². The van der Waals surface area contributed by atoms with E-state index in [2.05, 4.69) is 59.0 Å². The molecular formula is C29H32N6O. The third kappa shape index (κ3) is 6.54. The topological polar surface area (TPSA) is 97.7 Å². The number of carbonyl (C=O) groups is 1. The van der Waals surface area contributed by atoms with Crippen molar-refractivity contribution in [1.82, 2.24) is 14.6 Å². The van der Waals surface area contributed by atoms with Gasteiger partial charge in [-0.25, -0.2) is 4.52 Å². The Balaban J connectivity index is 1.79. The minimum absolute atomic E-state index is 0.438. The van der Waals surface area contributed by atoms with Gasteiger partial charge < -0.3 is 11.1 Å². The smallest absolute Gasteiger partial charge is 0.248 e. The second-order valence-corrected chi connectivity index (χ2v) is 8.08. The highest BCUT2D eigenvalue weighted by Crippen LogP contribution is 2.19. The van der Waals surface area contributed by atoms with Crippen LogP contribution in [0.1, 0.15) is 55.7 Å². The molecule has 7 nitrogen and oxygen atoms in total. The monoisotopic (exact) mass is 480 g/mol. The second-order valence-electron chi connectivity index (χ2n) is 8.08. The van der Waals surface area contributed by atoms with Crippen LogP contribution in [0.5, 0.6) is 0 Å². The third-order valence-electron chi connectivity index (χ3n) is 5.53. The Morgan fingerprint density at radius 2 is 1.86 bits per heavy atom. The Bertz CT molecular complexity index is 1400. The number of aliphatic imine (C=N–C) groups is 1. The van der Waals surface area contributed by atoms with Crippen LogP contribution in [0.3, 0.4) is 0 Å². The zero-order valence-electron chi connectivity index (χ0n) is 21.2. The number of aromatic nitrogens is 3. The van der Waals surface area contributed by atoms with Crippen molar-refractivity contribution in [2.45, 2.75) is 34.1 Å². The molecule has 3 aromatic rings. The lowest BCUT2D eigenvalue weighted by Crippen LogP contribution is -2.10. The van der Waals surface area contributed by atoms with E-state index in [-0.39, 0.29) is 0 Å². The van der Waals surface area contributed by atoms with Gasteiger partial charge in [0.2, 0.25) is 11.9 Å². The number of allylic oxidation sites excluding steroid dienone is 8. The predicted molar refractivity (Wildman–Crippen MR) is 150 cm³/mol. The Labute approximate surface area is 212 Å². The maximum absolute atomic E-state index is 11.3. The van der Waals surface area contributed by atoms with Crippen LogP contribution < -0.4 is 11.1 Å². The zero-order chi connectivity index (χ0) is 26.1. The van der Waals surface area contributed by atoms with Gasteiger partial charge in [0.25, 0.3) is 0 Å². The molecule has 0 bridgehead atoms. The van der Waals surface area contributed by atoms with Crippen LogP contribution in [0.2, 0.25) is 0 Å². The quantitative estimate of drug-likeness (QED) is 0.267. The Morgan fingerprint density at radius 3 is 2.50 bits per heavy atom. The van der Waals surface area contributed by atoms with Crippen molar-refractivity contribution in [1.29, 1.82) is 0 Å². The lowest BCUT2D eigenvalue weighted by molar-refractivity contribution is 0.100. The van der Waals surface area contributed by atoms with E-state index >= 15 is 0 Å². The first kappa shape index (κ1) is 26.1. The van der Waals surface area contributed by atoms with E-state index in [1.165, 1.54) is 5.57 Å². The maximum atomic E-state index is 11.3. The number of primary amides is 1. The van der Waals surface area contributed by atoms with Gasteiger partial charge in [-0.05, 0) is 68.2 Å². The minimum Gasteiger partial charge on any atom is -0.366 e. The fourth-order valence-electron chi connectivity index (χ4n) is 3.44. The zero-order valence-corrected chi connectivity index (χ0v) is 21.2. The predicted octanol–water partition coefficient (Wildman–Crippen LogP) is 6.20. The lowest BCUT2D eigenvalue weighted by Gasteiger charge is -2.04. The summed E-state index contributed by atoms with van der Waals surface area (Å²) in [7, 11) is 0. The van der Waals surface area contributed by atoms with Gasteiger partial charge in [-0.2, -0.15) is 4.98 Å². The number of hydrogen-bond acceptors (Lipinski definition) is 5. The molecular weight excluding hydrogens is 448 g/mol. The summed E-state index contributed by atoms with van der Waals surface area (Å²) in [6.07, 6.45) is 12.9. The number of amides is 1. The summed E-state index contributed by atoms with van der Waals surface area (Å²) in [6, 6.07) is 12.8. The fraction of sp³-hybridized carbons (Fsp3) is 0.172. The number of benzene rings is 1. The molecule has 184 valence electrons. The van der Waals surface area contributed by atoms with Crippen molar-refractivity contribution in [3.63, 3.8) is 0 Å². The summed E-state index contributed by atoms with van der Waals surface area (Å²) in [6.45, 7) is 12.1. The van der Waals surface area contributed by atoms with Crippen molar-refractivity contribution >= 4 is 35.0 Å². The average molecular weight is 481 g/mol. The standard InChI is InChI=1S/C29H32N6O/c1-6-10-22(7-2)14-13-20(4)26-11-9-12-27-33-29(34-35(26)27)32-25(8-3)19-31-21(5)23-15-17-24(18-16-23)28(30)36/h6,8-19H,5,7H2,1-4H3,(H2,30,36)(H,32,34)/b10-6-,20-13+,22-14-,25-8+,31-19?. The highest BCUT2D eigenvalue weighted by molar-refractivity contribution is 5.93. The molecule has 0 aliphatic carbocycles. The molecule has 7 heteroatoms. The van der Waals surface area contributed by atoms with Crippen LogP contribution in [0, 0.1) is 0 Å². The van der Waals surface area contributed by atoms with Gasteiger partial charge in [0.05, 0.1) is 23.3 Å². The summed E-state index contributed by atoms with van der Waals surface area (Å²) >= 11 is 0. The number of nitrogens with two attached hydrogens (primary N) is 1. The Kier molecular flexibility index (Phi) is 8.89. The van der Waals surface area contributed by atoms with Gasteiger partial charge >= 0.3 is 0 Å². The maximum Gasteiger partial charge on any atom is 0.248 e. The summed E-state index contributed by atoms with van der Waals surface area (Å²) < 4.78 is 1.83. The highest BCUT2D eigenvalue weighted by atomic mass is 16.1. The summed E-state index contributed by atoms with van der Waals surface area (Å²) in [5, 5.41) is 7.88. The van der Waals surface area contributed by atoms with E-state index in [4.69, 9.17) is 5.73 Å². The van der Waals surface area contributed by atoms with E-state index in [1.807, 2.05) is 48.7 Å². The van der Waals surface area contributed by atoms with Crippen molar-refractivity contribution in [2.75, 3.05) is 5.32 Å². The third-order valence-corrected chi connectivity index (χ3v) is 5.53. The van der Waals surface area contributed by atoms with Gasteiger partial charge in [0.15, 0.2) is 5.65 Å². The molecule has 0 aliphatic rings. The molecule has 36 heavy (non-hydrogen) atoms. The van der Waals surface area contributed by atoms with Crippen LogP contribution in [0.25, 0.3) is 16.9 Å². The number of nitrogens with one attached hydrogen (secondary N) is 1. The summed E-state index contributed by atoms with van der Waals surface area (Å²) in [4.78, 5) is 20.3. The van der Waals surface area contributed by atoms with Crippen LogP contribution in [-0.4, -0.2) is 26.7 Å². The van der Waals surface area contributed by atoms with Gasteiger partial charge in [-0.15, -0.1) is 5.10 Å². The van der Waals surface area contributed by atoms with E-state index in [1.54, 1.807) is 30.5 Å². The van der Waals surface area contributed by atoms with Gasteiger partial charge in [-0.1, -0.05) is 62.1 Å². The molecule has 2 aromatic heterocycles. The second kappa shape index (κ2) is 12.3. The van der Waals surface area contributed by atoms with Gasteiger partial charge in [0, 0.05) is 5.56 Å². The van der Waals surface area contributed by atoms with Crippen molar-refractivity contribution in [3.05, 3.63) is 108 Å². The first-order valence-corrected chi connectivity index (χ1v) is 11.8. The van der Waals surface area contributed by atoms with Crippen molar-refractivity contribution < 1.29 is 4.79 Å². The molecule has 3 rings (SSSR count). The van der Waals surface area contributed by atoms with Crippen molar-refractivity contribution in [3.8, 4) is 0 Å². The molecule has 0 radical (unpaired) electrons. The number of fused-ring (bicyclic) bond motifs is 1. The number of anilines is 1. The molecule has 2 heterocycles. The minimum atomic E-state index is -0.472. The van der Waals surface area contributed by atoms with Crippen LogP contribution in [0.4, 0.5) is 5.95 Å². The molecule has 0 aliphatic heterocycles. The van der Waals surface area contributed by atoms with E-state index in [0.29, 0.717) is 17.2 Å². The molecule has 0 fully saturated rings. The molecule has 0 unspecified atom stereocenters. The molecule has 1 amide bonds. The molecule has 0 spiro atoms. The summed E-state index contributed by atoms with van der Waals surface area (Å²) in [5.41, 5.74) is 11.8. The molecule has 0 atom stereocenters. The van der Waals surface area contributed by atoms with Crippen LogP contribution >= 0.6 is 0 Å². The first-order valence-electron chi connectivity index (χ1n) is 11.8. The largest absolute Gasteiger partial charge is 0.366 e. The Morgan fingerprint density at radius 1 is 1.14 bits per heavy atom. The first-order chi connectivity index (χ1) is 17.4. The van der Waals surface area contributed by atoms with Crippen molar-refractivity contribution in [2.24, 2.45) is 10.7 Å². The fourth-order valence-corrected chi connectivity index (χ4v) is 3.44. The molecule has 3 N–H and O–H groups in total. The highest BCUT2D eigenvalue weighted by Gasteiger charge is 2.09. The van der Waals surface area contributed by atoms with E-state index < -0.39 is 5.91 Å². The number of hydrogen-bond donors (Lipinski definition) is 2. The van der Waals surface area contributed by atoms with Crippen LogP contribution in [-0.2, 0) is 0 Å². The SMILES string of the molecule is C=C(N=C/C(=C\C)Nc1nc2cccc(/C(C)=C/C=C(\C=C/C)CC)n2n1)c1ccc(C(N)=O)cc1. The number of nitrogens with zero attached hydrogens (tertiary/aromatic N) is 4. The van der Waals surface area contributed by atoms with Crippen LogP contribution in [0.15, 0.2) is 95.7 Å². The molecule has 0 saturated heterocycles. The van der Waals surface area contributed by atoms with Gasteiger partial charge in [0.1, 0.15) is 0 Å². The number of rotatable bonds is 10. The van der Waals surface area contributed by atoms with E-state index in [0.717, 1.165) is 34.6 Å².